The van der Waals surface area contributed by atoms with Gasteiger partial charge in [-0.25, -0.2) is 0 Å². The van der Waals surface area contributed by atoms with Crippen molar-refractivity contribution in [3.63, 3.8) is 0 Å². The van der Waals surface area contributed by atoms with Gasteiger partial charge < -0.3 is 19.3 Å². The average Bonchev–Trinajstić information content (AvgIpc) is 2.53. The lowest BCUT2D eigenvalue weighted by atomic mass is 10.1. The van der Waals surface area contributed by atoms with Crippen molar-refractivity contribution in [2.45, 2.75) is 12.2 Å². The van der Waals surface area contributed by atoms with Crippen molar-refractivity contribution in [3.8, 4) is 17.2 Å². The molecule has 1 N–H and O–H groups in total. The molecule has 0 radical (unpaired) electrons. The maximum absolute atomic E-state index is 10.4. The molecule has 104 valence electrons. The van der Waals surface area contributed by atoms with Crippen molar-refractivity contribution < 1.29 is 19.3 Å². The molecule has 0 aliphatic carbocycles. The lowest BCUT2D eigenvalue weighted by molar-refractivity contribution is -0.0143. The zero-order chi connectivity index (χ0) is 13.9. The summed E-state index contributed by atoms with van der Waals surface area (Å²) in [4.78, 5) is 4.17. The van der Waals surface area contributed by atoms with Gasteiger partial charge in [-0.1, -0.05) is 12.1 Å². The number of rotatable bonds is 3. The topological polar surface area (TPSA) is 60.8 Å². The second-order valence-corrected chi connectivity index (χ2v) is 4.45. The molecular weight excluding hydrogens is 258 g/mol. The number of para-hydroxylation sites is 2. The molecule has 1 aromatic carbocycles. The van der Waals surface area contributed by atoms with E-state index < -0.39 is 12.2 Å². The molecule has 1 aromatic heterocycles. The number of methoxy groups -OCH3 is 1. The Morgan fingerprint density at radius 1 is 1.25 bits per heavy atom. The molecule has 2 atom stereocenters. The fourth-order valence-corrected chi connectivity index (χ4v) is 2.16. The Labute approximate surface area is 116 Å². The Kier molecular flexibility index (Phi) is 3.43. The third-order valence-electron chi connectivity index (χ3n) is 3.18. The zero-order valence-electron chi connectivity index (χ0n) is 11.0. The molecule has 2 heterocycles. The quantitative estimate of drug-likeness (QED) is 0.926. The van der Waals surface area contributed by atoms with E-state index in [9.17, 15) is 5.11 Å². The molecule has 3 rings (SSSR count). The highest BCUT2D eigenvalue weighted by Crippen LogP contribution is 2.35. The number of aliphatic hydroxyl groups excluding tert-OH is 1. The number of aliphatic hydroxyl groups is 1. The van der Waals surface area contributed by atoms with Crippen molar-refractivity contribution in [3.05, 3.63) is 48.3 Å². The predicted molar refractivity (Wildman–Crippen MR) is 72.1 cm³/mol. The number of nitrogens with zero attached hydrogens (tertiary/aromatic N) is 1. The van der Waals surface area contributed by atoms with Gasteiger partial charge >= 0.3 is 0 Å². The molecule has 1 aliphatic heterocycles. The molecule has 5 nitrogen and oxygen atoms in total. The number of aromatic nitrogens is 1. The van der Waals surface area contributed by atoms with E-state index in [2.05, 4.69) is 4.98 Å². The minimum Gasteiger partial charge on any atom is -0.495 e. The van der Waals surface area contributed by atoms with Gasteiger partial charge in [-0.05, 0) is 24.3 Å². The van der Waals surface area contributed by atoms with Crippen molar-refractivity contribution >= 4 is 0 Å². The fourth-order valence-electron chi connectivity index (χ4n) is 2.16. The normalized spacial score (nSPS) is 18.4. The summed E-state index contributed by atoms with van der Waals surface area (Å²) in [5.41, 5.74) is 0.447. The van der Waals surface area contributed by atoms with Crippen LogP contribution in [0.15, 0.2) is 42.6 Å². The van der Waals surface area contributed by atoms with Crippen molar-refractivity contribution in [2.24, 2.45) is 0 Å². The van der Waals surface area contributed by atoms with Crippen LogP contribution in [0.25, 0.3) is 0 Å². The standard InChI is InChI=1S/C15H15NO4/c1-18-12-7-4-8-16-14(12)15(17)13-9-19-10-5-2-3-6-11(10)20-13/h2-8,13,15,17H,9H2,1H3. The van der Waals surface area contributed by atoms with E-state index in [1.807, 2.05) is 24.3 Å². The van der Waals surface area contributed by atoms with Gasteiger partial charge in [0, 0.05) is 6.20 Å². The fraction of sp³-hybridized carbons (Fsp3) is 0.267. The van der Waals surface area contributed by atoms with Crippen molar-refractivity contribution in [2.75, 3.05) is 13.7 Å². The van der Waals surface area contributed by atoms with Gasteiger partial charge in [-0.2, -0.15) is 0 Å². The highest BCUT2D eigenvalue weighted by atomic mass is 16.6. The van der Waals surface area contributed by atoms with Crippen LogP contribution in [0.3, 0.4) is 0 Å². The summed E-state index contributed by atoms with van der Waals surface area (Å²) in [5.74, 6) is 1.84. The summed E-state index contributed by atoms with van der Waals surface area (Å²) in [7, 11) is 1.54. The monoisotopic (exact) mass is 273 g/mol. The summed E-state index contributed by atoms with van der Waals surface area (Å²) >= 11 is 0. The van der Waals surface area contributed by atoms with Crippen LogP contribution in [0.4, 0.5) is 0 Å². The summed E-state index contributed by atoms with van der Waals surface area (Å²) < 4.78 is 16.6. The summed E-state index contributed by atoms with van der Waals surface area (Å²) in [6.45, 7) is 0.262. The molecule has 1 aliphatic rings. The Bertz CT molecular complexity index is 602. The molecule has 0 saturated carbocycles. The van der Waals surface area contributed by atoms with E-state index in [0.717, 1.165) is 0 Å². The Morgan fingerprint density at radius 2 is 2.05 bits per heavy atom. The van der Waals surface area contributed by atoms with Crippen LogP contribution in [-0.4, -0.2) is 29.9 Å². The van der Waals surface area contributed by atoms with E-state index in [4.69, 9.17) is 14.2 Å². The van der Waals surface area contributed by atoms with Gasteiger partial charge in [-0.3, -0.25) is 4.98 Å². The lowest BCUT2D eigenvalue weighted by Gasteiger charge is -2.29. The first-order chi connectivity index (χ1) is 9.79. The Morgan fingerprint density at radius 3 is 2.85 bits per heavy atom. The third-order valence-corrected chi connectivity index (χ3v) is 3.18. The molecule has 2 unspecified atom stereocenters. The Hall–Kier alpha value is -2.27. The van der Waals surface area contributed by atoms with Gasteiger partial charge in [0.1, 0.15) is 24.2 Å². The molecular formula is C15H15NO4. The summed E-state index contributed by atoms with van der Waals surface area (Å²) in [6.07, 6.45) is 0.173. The van der Waals surface area contributed by atoms with Gasteiger partial charge in [0.25, 0.3) is 0 Å². The highest BCUT2D eigenvalue weighted by Gasteiger charge is 2.31. The largest absolute Gasteiger partial charge is 0.495 e. The van der Waals surface area contributed by atoms with Gasteiger partial charge in [0.05, 0.1) is 7.11 Å². The SMILES string of the molecule is COc1cccnc1C(O)C1COc2ccccc2O1. The number of ether oxygens (including phenoxy) is 3. The van der Waals surface area contributed by atoms with Gasteiger partial charge in [-0.15, -0.1) is 0 Å². The predicted octanol–water partition coefficient (Wildman–Crippen LogP) is 1.96. The van der Waals surface area contributed by atoms with E-state index in [-0.39, 0.29) is 6.61 Å². The second kappa shape index (κ2) is 5.38. The molecule has 0 bridgehead atoms. The first-order valence-electron chi connectivity index (χ1n) is 6.35. The maximum atomic E-state index is 10.4. The Balaban J connectivity index is 1.84. The lowest BCUT2D eigenvalue weighted by Crippen LogP contribution is -2.35. The minimum atomic E-state index is -0.917. The maximum Gasteiger partial charge on any atom is 0.164 e. The first kappa shape index (κ1) is 12.7. The zero-order valence-corrected chi connectivity index (χ0v) is 11.0. The van der Waals surface area contributed by atoms with Crippen molar-refractivity contribution in [1.82, 2.24) is 4.98 Å². The number of fused-ring (bicyclic) bond motifs is 1. The number of pyridine rings is 1. The number of hydrogen-bond donors (Lipinski definition) is 1. The van der Waals surface area contributed by atoms with E-state index >= 15 is 0 Å². The van der Waals surface area contributed by atoms with E-state index in [0.29, 0.717) is 22.9 Å². The van der Waals surface area contributed by atoms with Crippen LogP contribution >= 0.6 is 0 Å². The molecule has 0 amide bonds. The number of hydrogen-bond acceptors (Lipinski definition) is 5. The highest BCUT2D eigenvalue weighted by molar-refractivity contribution is 5.41. The van der Waals surface area contributed by atoms with E-state index in [1.165, 1.54) is 0 Å². The molecule has 0 spiro atoms. The molecule has 5 heteroatoms. The van der Waals surface area contributed by atoms with Gasteiger partial charge in [0.2, 0.25) is 0 Å². The van der Waals surface area contributed by atoms with Crippen LogP contribution in [-0.2, 0) is 0 Å². The van der Waals surface area contributed by atoms with Crippen LogP contribution in [0.5, 0.6) is 17.2 Å². The summed E-state index contributed by atoms with van der Waals surface area (Å²) in [6, 6.07) is 10.9. The first-order valence-corrected chi connectivity index (χ1v) is 6.35. The van der Waals surface area contributed by atoms with Gasteiger partial charge in [0.15, 0.2) is 17.6 Å². The smallest absolute Gasteiger partial charge is 0.164 e. The summed E-state index contributed by atoms with van der Waals surface area (Å²) in [5, 5.41) is 10.4. The number of benzene rings is 1. The van der Waals surface area contributed by atoms with Crippen LogP contribution in [0.1, 0.15) is 11.8 Å². The van der Waals surface area contributed by atoms with Crippen LogP contribution in [0.2, 0.25) is 0 Å². The minimum absolute atomic E-state index is 0.262. The third kappa shape index (κ3) is 2.28. The molecule has 2 aromatic rings. The second-order valence-electron chi connectivity index (χ2n) is 4.45. The van der Waals surface area contributed by atoms with E-state index in [1.54, 1.807) is 25.4 Å². The van der Waals surface area contributed by atoms with Crippen LogP contribution in [0, 0.1) is 0 Å². The molecule has 0 saturated heterocycles. The van der Waals surface area contributed by atoms with Crippen molar-refractivity contribution in [1.29, 1.82) is 0 Å². The molecule has 20 heavy (non-hydrogen) atoms. The van der Waals surface area contributed by atoms with Crippen LogP contribution < -0.4 is 14.2 Å². The average molecular weight is 273 g/mol. The molecule has 0 fully saturated rings.